The molecule has 0 saturated carbocycles. The Balaban J connectivity index is 1.30. The number of carbonyl (C=O) groups is 3. The summed E-state index contributed by atoms with van der Waals surface area (Å²) in [4.78, 5) is 44.0. The molecule has 254 valence electrons. The summed E-state index contributed by atoms with van der Waals surface area (Å²) in [6.45, 7) is 5.89. The van der Waals surface area contributed by atoms with Crippen LogP contribution in [0.2, 0.25) is 0 Å². The molecule has 0 aliphatic heterocycles. The molecule has 2 atom stereocenters. The fourth-order valence-corrected chi connectivity index (χ4v) is 6.12. The third-order valence-electron chi connectivity index (χ3n) is 8.54. The topological polar surface area (TPSA) is 100 Å². The highest BCUT2D eigenvalue weighted by Crippen LogP contribution is 2.24. The molecule has 2 amide bonds. The normalized spacial score (nSPS) is 12.6. The van der Waals surface area contributed by atoms with Gasteiger partial charge in [0, 0.05) is 36.0 Å². The highest BCUT2D eigenvalue weighted by atomic mass is 16.6. The second-order valence-electron chi connectivity index (χ2n) is 13.6. The van der Waals surface area contributed by atoms with Gasteiger partial charge in [0.2, 0.25) is 11.8 Å². The zero-order valence-corrected chi connectivity index (χ0v) is 28.7. The average molecular weight is 658 g/mol. The standard InChI is InChI=1S/C42H47N3O4/c1-42(2,3)49-39(46)28-34(21-13-17-31-16-12-20-33(26-31)32-18-8-5-9-19-32)40(47)45-38(27-35-29-44-37-23-11-10-22-36(35)37)41(48)43-25-24-30-14-6-4-7-15-30/h4-12,14-16,18-20,22-23,26,29,34,38,44H,13,17,21,24-25,27-28H2,1-3H3,(H,43,48)(H,45,47)/t34-,38+/m1/s1. The van der Waals surface area contributed by atoms with E-state index >= 15 is 0 Å². The summed E-state index contributed by atoms with van der Waals surface area (Å²) in [6, 6.07) is 35.7. The Hall–Kier alpha value is -5.17. The van der Waals surface area contributed by atoms with E-state index in [0.717, 1.165) is 45.1 Å². The van der Waals surface area contributed by atoms with Gasteiger partial charge in [0.15, 0.2) is 0 Å². The van der Waals surface area contributed by atoms with E-state index in [1.54, 1.807) is 0 Å². The monoisotopic (exact) mass is 657 g/mol. The number of aromatic amines is 1. The largest absolute Gasteiger partial charge is 0.460 e. The van der Waals surface area contributed by atoms with Crippen molar-refractivity contribution in [2.24, 2.45) is 5.92 Å². The van der Waals surface area contributed by atoms with Crippen molar-refractivity contribution < 1.29 is 19.1 Å². The van der Waals surface area contributed by atoms with E-state index in [9.17, 15) is 14.4 Å². The van der Waals surface area contributed by atoms with Crippen molar-refractivity contribution in [1.29, 1.82) is 0 Å². The first kappa shape index (κ1) is 35.1. The number of benzene rings is 4. The van der Waals surface area contributed by atoms with Crippen LogP contribution in [-0.2, 0) is 38.4 Å². The van der Waals surface area contributed by atoms with Crippen LogP contribution in [0, 0.1) is 5.92 Å². The minimum atomic E-state index is -0.828. The zero-order chi connectivity index (χ0) is 34.6. The molecule has 49 heavy (non-hydrogen) atoms. The van der Waals surface area contributed by atoms with Gasteiger partial charge in [0.1, 0.15) is 11.6 Å². The molecule has 0 unspecified atom stereocenters. The highest BCUT2D eigenvalue weighted by molar-refractivity contribution is 5.91. The molecule has 1 heterocycles. The van der Waals surface area contributed by atoms with Crippen LogP contribution < -0.4 is 10.6 Å². The highest BCUT2D eigenvalue weighted by Gasteiger charge is 2.29. The van der Waals surface area contributed by atoms with Crippen molar-refractivity contribution in [3.63, 3.8) is 0 Å². The quantitative estimate of drug-likeness (QED) is 0.101. The van der Waals surface area contributed by atoms with Gasteiger partial charge in [-0.2, -0.15) is 0 Å². The predicted molar refractivity (Wildman–Crippen MR) is 196 cm³/mol. The first-order valence-electron chi connectivity index (χ1n) is 17.2. The molecular weight excluding hydrogens is 610 g/mol. The van der Waals surface area contributed by atoms with Gasteiger partial charge in [-0.1, -0.05) is 103 Å². The summed E-state index contributed by atoms with van der Waals surface area (Å²) in [7, 11) is 0. The second-order valence-corrected chi connectivity index (χ2v) is 13.6. The van der Waals surface area contributed by atoms with Crippen LogP contribution >= 0.6 is 0 Å². The minimum Gasteiger partial charge on any atom is -0.460 e. The Bertz CT molecular complexity index is 1830. The lowest BCUT2D eigenvalue weighted by molar-refractivity contribution is -0.157. The summed E-state index contributed by atoms with van der Waals surface area (Å²) in [5, 5.41) is 7.08. The Kier molecular flexibility index (Phi) is 12.0. The Morgan fingerprint density at radius 2 is 1.43 bits per heavy atom. The number of aryl methyl sites for hydroxylation is 1. The first-order valence-corrected chi connectivity index (χ1v) is 17.2. The number of esters is 1. The number of rotatable bonds is 15. The van der Waals surface area contributed by atoms with Gasteiger partial charge in [-0.3, -0.25) is 14.4 Å². The van der Waals surface area contributed by atoms with Crippen molar-refractivity contribution in [3.05, 3.63) is 132 Å². The van der Waals surface area contributed by atoms with Crippen molar-refractivity contribution in [3.8, 4) is 11.1 Å². The molecule has 0 aliphatic rings. The van der Waals surface area contributed by atoms with Gasteiger partial charge in [0.25, 0.3) is 0 Å². The number of amides is 2. The van der Waals surface area contributed by atoms with Crippen molar-refractivity contribution in [1.82, 2.24) is 15.6 Å². The summed E-state index contributed by atoms with van der Waals surface area (Å²) in [6.07, 6.45) is 4.71. The van der Waals surface area contributed by atoms with Gasteiger partial charge in [0.05, 0.1) is 6.42 Å². The summed E-state index contributed by atoms with van der Waals surface area (Å²) >= 11 is 0. The Labute approximate surface area is 289 Å². The van der Waals surface area contributed by atoms with Gasteiger partial charge in [-0.25, -0.2) is 0 Å². The maximum absolute atomic E-state index is 14.0. The van der Waals surface area contributed by atoms with E-state index in [0.29, 0.717) is 32.2 Å². The van der Waals surface area contributed by atoms with Crippen molar-refractivity contribution in [2.45, 2.75) is 70.9 Å². The van der Waals surface area contributed by atoms with Crippen LogP contribution in [0.15, 0.2) is 115 Å². The SMILES string of the molecule is CC(C)(C)OC(=O)C[C@@H](CCCc1cccc(-c2ccccc2)c1)C(=O)N[C@@H](Cc1c[nH]c2ccccc12)C(=O)NCCc1ccccc1. The number of para-hydroxylation sites is 1. The number of hydrogen-bond donors (Lipinski definition) is 3. The van der Waals surface area contributed by atoms with Crippen molar-refractivity contribution >= 4 is 28.7 Å². The van der Waals surface area contributed by atoms with Crippen LogP contribution in [0.3, 0.4) is 0 Å². The Morgan fingerprint density at radius 3 is 2.18 bits per heavy atom. The number of aromatic nitrogens is 1. The second kappa shape index (κ2) is 16.8. The lowest BCUT2D eigenvalue weighted by atomic mass is 9.93. The molecule has 5 rings (SSSR count). The number of H-pyrrole nitrogens is 1. The predicted octanol–water partition coefficient (Wildman–Crippen LogP) is 7.59. The van der Waals surface area contributed by atoms with E-state index in [-0.39, 0.29) is 18.2 Å². The number of nitrogens with one attached hydrogen (secondary N) is 3. The first-order chi connectivity index (χ1) is 23.6. The number of carbonyl (C=O) groups excluding carboxylic acids is 3. The molecule has 0 spiro atoms. The maximum atomic E-state index is 14.0. The van der Waals surface area contributed by atoms with E-state index in [1.807, 2.05) is 106 Å². The van der Waals surface area contributed by atoms with Crippen LogP contribution in [0.1, 0.15) is 56.7 Å². The number of fused-ring (bicyclic) bond motifs is 1. The number of ether oxygens (including phenoxy) is 1. The van der Waals surface area contributed by atoms with Crippen molar-refractivity contribution in [2.75, 3.05) is 6.54 Å². The molecule has 0 aliphatic carbocycles. The molecule has 0 fully saturated rings. The molecule has 0 saturated heterocycles. The fraction of sp³-hybridized carbons (Fsp3) is 0.310. The average Bonchev–Trinajstić information content (AvgIpc) is 3.50. The molecule has 0 radical (unpaired) electrons. The van der Waals surface area contributed by atoms with Crippen LogP contribution in [0.5, 0.6) is 0 Å². The molecule has 1 aromatic heterocycles. The van der Waals surface area contributed by atoms with Crippen LogP contribution in [0.4, 0.5) is 0 Å². The zero-order valence-electron chi connectivity index (χ0n) is 28.7. The molecule has 7 nitrogen and oxygen atoms in total. The smallest absolute Gasteiger partial charge is 0.307 e. The number of hydrogen-bond acceptors (Lipinski definition) is 4. The molecular formula is C42H47N3O4. The van der Waals surface area contributed by atoms with Crippen LogP contribution in [-0.4, -0.2) is 41.0 Å². The Morgan fingerprint density at radius 1 is 0.755 bits per heavy atom. The third kappa shape index (κ3) is 10.7. The van der Waals surface area contributed by atoms with E-state index < -0.39 is 23.5 Å². The molecule has 3 N–H and O–H groups in total. The lowest BCUT2D eigenvalue weighted by Crippen LogP contribution is -2.50. The lowest BCUT2D eigenvalue weighted by Gasteiger charge is -2.24. The molecule has 0 bridgehead atoms. The molecule has 4 aromatic carbocycles. The molecule has 7 heteroatoms. The third-order valence-corrected chi connectivity index (χ3v) is 8.54. The van der Waals surface area contributed by atoms with E-state index in [1.165, 1.54) is 0 Å². The summed E-state index contributed by atoms with van der Waals surface area (Å²) < 4.78 is 5.63. The summed E-state index contributed by atoms with van der Waals surface area (Å²) in [5.74, 6) is -1.68. The van der Waals surface area contributed by atoms with Gasteiger partial charge in [-0.15, -0.1) is 0 Å². The minimum absolute atomic E-state index is 0.0669. The fourth-order valence-electron chi connectivity index (χ4n) is 6.12. The maximum Gasteiger partial charge on any atom is 0.307 e. The van der Waals surface area contributed by atoms with Gasteiger partial charge in [-0.05, 0) is 80.3 Å². The van der Waals surface area contributed by atoms with Crippen LogP contribution in [0.25, 0.3) is 22.0 Å². The van der Waals surface area contributed by atoms with Gasteiger partial charge < -0.3 is 20.4 Å². The van der Waals surface area contributed by atoms with Gasteiger partial charge >= 0.3 is 5.97 Å². The molecule has 5 aromatic rings. The summed E-state index contributed by atoms with van der Waals surface area (Å²) in [5.41, 5.74) is 5.79. The van der Waals surface area contributed by atoms with E-state index in [2.05, 4.69) is 45.9 Å². The van der Waals surface area contributed by atoms with E-state index in [4.69, 9.17) is 4.74 Å².